The van der Waals surface area contributed by atoms with E-state index in [1.807, 2.05) is 20.0 Å². The molecule has 7 nitrogen and oxygen atoms in total. The molecule has 1 aliphatic heterocycles. The third-order valence-corrected chi connectivity index (χ3v) is 7.67. The van der Waals surface area contributed by atoms with Crippen molar-refractivity contribution in [1.82, 2.24) is 29.7 Å². The van der Waals surface area contributed by atoms with Crippen molar-refractivity contribution in [1.29, 1.82) is 0 Å². The first-order valence-electron chi connectivity index (χ1n) is 12.4. The average Bonchev–Trinajstić information content (AvgIpc) is 3.56. The summed E-state index contributed by atoms with van der Waals surface area (Å²) in [6.45, 7) is 4.69. The molecule has 0 spiro atoms. The van der Waals surface area contributed by atoms with Crippen LogP contribution in [-0.2, 0) is 17.6 Å². The van der Waals surface area contributed by atoms with Crippen LogP contribution in [0.15, 0.2) is 30.6 Å². The Bertz CT molecular complexity index is 1420. The molecule has 0 amide bonds. The number of hydrogen-bond donors (Lipinski definition) is 0. The van der Waals surface area contributed by atoms with Crippen LogP contribution >= 0.6 is 0 Å². The molecule has 7 rings (SSSR count). The van der Waals surface area contributed by atoms with Crippen LogP contribution in [0, 0.1) is 13.8 Å². The van der Waals surface area contributed by atoms with Gasteiger partial charge < -0.3 is 4.74 Å². The molecule has 2 aliphatic carbocycles. The van der Waals surface area contributed by atoms with Crippen LogP contribution < -0.4 is 0 Å². The number of aryl methyl sites for hydroxylation is 4. The van der Waals surface area contributed by atoms with E-state index < -0.39 is 0 Å². The molecule has 7 heteroatoms. The van der Waals surface area contributed by atoms with E-state index in [1.54, 1.807) is 0 Å². The van der Waals surface area contributed by atoms with Crippen LogP contribution in [0.2, 0.25) is 0 Å². The van der Waals surface area contributed by atoms with E-state index >= 15 is 0 Å². The smallest absolute Gasteiger partial charge is 0.182 e. The fourth-order valence-corrected chi connectivity index (χ4v) is 5.18. The lowest BCUT2D eigenvalue weighted by Crippen LogP contribution is -2.20. The van der Waals surface area contributed by atoms with Gasteiger partial charge in [-0.2, -0.15) is 5.10 Å². The third kappa shape index (κ3) is 3.41. The Morgan fingerprint density at radius 3 is 2.59 bits per heavy atom. The lowest BCUT2D eigenvalue weighted by Gasteiger charge is -2.28. The highest BCUT2D eigenvalue weighted by Gasteiger charge is 2.31. The van der Waals surface area contributed by atoms with E-state index in [4.69, 9.17) is 24.7 Å². The van der Waals surface area contributed by atoms with Gasteiger partial charge in [-0.15, -0.1) is 0 Å². The van der Waals surface area contributed by atoms with Gasteiger partial charge in [0.1, 0.15) is 17.0 Å². The number of aromatic nitrogens is 6. The monoisotopic (exact) mass is 452 g/mol. The van der Waals surface area contributed by atoms with Crippen molar-refractivity contribution in [2.75, 3.05) is 6.61 Å². The van der Waals surface area contributed by atoms with Crippen LogP contribution in [0.5, 0.6) is 0 Å². The number of hydrogen-bond acceptors (Lipinski definition) is 6. The second kappa shape index (κ2) is 7.67. The number of benzene rings is 1. The van der Waals surface area contributed by atoms with Crippen molar-refractivity contribution < 1.29 is 4.74 Å². The van der Waals surface area contributed by atoms with E-state index in [-0.39, 0.29) is 12.0 Å². The van der Waals surface area contributed by atoms with Gasteiger partial charge in [0.2, 0.25) is 0 Å². The molecule has 0 N–H and O–H groups in total. The van der Waals surface area contributed by atoms with E-state index in [2.05, 4.69) is 34.2 Å². The standard InChI is InChI=1S/C27H28N6O/c1-15-16(2)30-27-25(29-15)24(19-6-4-17-3-5-18(17)11-19)31-26(32-27)20-9-10-34-23(12-20)21-13-28-33(14-21)22-7-8-22/h4,6,11,13-14,20,22-23H,3,5,7-10,12H2,1-2H3/t20-,23-/m0/s1. The molecule has 0 bridgehead atoms. The van der Waals surface area contributed by atoms with Gasteiger partial charge in [-0.1, -0.05) is 12.1 Å². The van der Waals surface area contributed by atoms with Crippen LogP contribution in [0.1, 0.15) is 77.6 Å². The first-order valence-corrected chi connectivity index (χ1v) is 12.4. The number of rotatable bonds is 4. The Hall–Kier alpha value is -3.19. The quantitative estimate of drug-likeness (QED) is 0.435. The topological polar surface area (TPSA) is 78.6 Å². The molecule has 0 unspecified atom stereocenters. The minimum absolute atomic E-state index is 0.0244. The SMILES string of the molecule is Cc1nc2nc([C@H]3CCO[C@H](c4cnn(C5CC5)c4)C3)nc(-c3ccc4c(c3)CC4)c2nc1C. The van der Waals surface area contributed by atoms with Crippen LogP contribution in [0.25, 0.3) is 22.4 Å². The van der Waals surface area contributed by atoms with Gasteiger partial charge in [-0.05, 0) is 69.6 Å². The first-order chi connectivity index (χ1) is 16.6. The highest BCUT2D eigenvalue weighted by molar-refractivity contribution is 5.87. The van der Waals surface area contributed by atoms with Gasteiger partial charge in [-0.25, -0.2) is 19.9 Å². The maximum absolute atomic E-state index is 6.17. The van der Waals surface area contributed by atoms with E-state index in [0.717, 1.165) is 58.8 Å². The zero-order valence-electron chi connectivity index (χ0n) is 19.7. The zero-order chi connectivity index (χ0) is 22.8. The molecular formula is C27H28N6O. The summed E-state index contributed by atoms with van der Waals surface area (Å²) < 4.78 is 8.26. The molecule has 2 atom stereocenters. The van der Waals surface area contributed by atoms with E-state index in [9.17, 15) is 0 Å². The highest BCUT2D eigenvalue weighted by Crippen LogP contribution is 2.40. The van der Waals surface area contributed by atoms with Gasteiger partial charge in [-0.3, -0.25) is 4.68 Å². The number of fused-ring (bicyclic) bond motifs is 2. The molecule has 4 aromatic rings. The molecule has 34 heavy (non-hydrogen) atoms. The zero-order valence-corrected chi connectivity index (χ0v) is 19.7. The normalized spacial score (nSPS) is 21.9. The Balaban J connectivity index is 1.28. The Kier molecular flexibility index (Phi) is 4.56. The van der Waals surface area contributed by atoms with Gasteiger partial charge in [0, 0.05) is 29.8 Å². The largest absolute Gasteiger partial charge is 0.373 e. The molecule has 4 heterocycles. The molecule has 1 saturated heterocycles. The Labute approximate surface area is 198 Å². The lowest BCUT2D eigenvalue weighted by atomic mass is 9.86. The molecule has 3 aromatic heterocycles. The number of ether oxygens (including phenoxy) is 1. The molecule has 0 radical (unpaired) electrons. The number of nitrogens with zero attached hydrogens (tertiary/aromatic N) is 6. The van der Waals surface area contributed by atoms with Crippen LogP contribution in [0.3, 0.4) is 0 Å². The second-order valence-electron chi connectivity index (χ2n) is 10.0. The fourth-order valence-electron chi connectivity index (χ4n) is 5.18. The van der Waals surface area contributed by atoms with Gasteiger partial charge >= 0.3 is 0 Å². The van der Waals surface area contributed by atoms with E-state index in [1.165, 1.54) is 30.4 Å². The summed E-state index contributed by atoms with van der Waals surface area (Å²) in [6.07, 6.45) is 10.7. The molecule has 1 aromatic carbocycles. The van der Waals surface area contributed by atoms with Crippen molar-refractivity contribution in [3.63, 3.8) is 0 Å². The minimum Gasteiger partial charge on any atom is -0.373 e. The maximum Gasteiger partial charge on any atom is 0.182 e. The summed E-state index contributed by atoms with van der Waals surface area (Å²) in [5, 5.41) is 4.57. The van der Waals surface area contributed by atoms with Crippen LogP contribution in [0.4, 0.5) is 0 Å². The summed E-state index contributed by atoms with van der Waals surface area (Å²) in [7, 11) is 0. The molecular weight excluding hydrogens is 424 g/mol. The molecule has 1 saturated carbocycles. The molecule has 2 fully saturated rings. The van der Waals surface area contributed by atoms with Crippen molar-refractivity contribution in [3.05, 3.63) is 64.5 Å². The summed E-state index contributed by atoms with van der Waals surface area (Å²) in [6, 6.07) is 7.27. The Morgan fingerprint density at radius 1 is 0.941 bits per heavy atom. The second-order valence-corrected chi connectivity index (χ2v) is 10.0. The third-order valence-electron chi connectivity index (χ3n) is 7.67. The summed E-state index contributed by atoms with van der Waals surface area (Å²) >= 11 is 0. The predicted molar refractivity (Wildman–Crippen MR) is 129 cm³/mol. The van der Waals surface area contributed by atoms with Gasteiger partial charge in [0.15, 0.2) is 5.65 Å². The van der Waals surface area contributed by atoms with Gasteiger partial charge in [0.25, 0.3) is 0 Å². The lowest BCUT2D eigenvalue weighted by molar-refractivity contribution is 0.00396. The summed E-state index contributed by atoms with van der Waals surface area (Å²) in [5.41, 5.74) is 9.35. The molecule has 3 aliphatic rings. The average molecular weight is 453 g/mol. The fraction of sp³-hybridized carbons (Fsp3) is 0.444. The van der Waals surface area contributed by atoms with E-state index in [0.29, 0.717) is 18.3 Å². The summed E-state index contributed by atoms with van der Waals surface area (Å²) in [5.74, 6) is 1.06. The Morgan fingerprint density at radius 2 is 1.79 bits per heavy atom. The van der Waals surface area contributed by atoms with Crippen molar-refractivity contribution >= 4 is 11.2 Å². The minimum atomic E-state index is 0.0244. The molecule has 172 valence electrons. The van der Waals surface area contributed by atoms with Crippen LogP contribution in [-0.4, -0.2) is 36.3 Å². The van der Waals surface area contributed by atoms with Crippen molar-refractivity contribution in [3.8, 4) is 11.3 Å². The van der Waals surface area contributed by atoms with Crippen molar-refractivity contribution in [2.45, 2.75) is 70.4 Å². The predicted octanol–water partition coefficient (Wildman–Crippen LogP) is 4.97. The van der Waals surface area contributed by atoms with Crippen molar-refractivity contribution in [2.24, 2.45) is 0 Å². The summed E-state index contributed by atoms with van der Waals surface area (Å²) in [4.78, 5) is 19.8. The maximum atomic E-state index is 6.17. The van der Waals surface area contributed by atoms with Gasteiger partial charge in [0.05, 0.1) is 29.7 Å². The first kappa shape index (κ1) is 20.2. The highest BCUT2D eigenvalue weighted by atomic mass is 16.5.